The predicted molar refractivity (Wildman–Crippen MR) is 118 cm³/mol. The van der Waals surface area contributed by atoms with Gasteiger partial charge in [0, 0.05) is 26.1 Å². The van der Waals surface area contributed by atoms with Crippen LogP contribution >= 0.6 is 11.3 Å². The number of nitrogens with zero attached hydrogens (tertiary/aromatic N) is 4. The number of nitrogens with one attached hydrogen (secondary N) is 1. The summed E-state index contributed by atoms with van der Waals surface area (Å²) in [5.74, 6) is 1.26. The van der Waals surface area contributed by atoms with Crippen LogP contribution in [0.3, 0.4) is 0 Å². The van der Waals surface area contributed by atoms with Gasteiger partial charge in [-0.1, -0.05) is 41.7 Å². The zero-order chi connectivity index (χ0) is 20.7. The summed E-state index contributed by atoms with van der Waals surface area (Å²) >= 11 is 1.43. The highest BCUT2D eigenvalue weighted by molar-refractivity contribution is 7.21. The summed E-state index contributed by atoms with van der Waals surface area (Å²) in [6.07, 6.45) is 4.99. The first-order valence-electron chi connectivity index (χ1n) is 10.6. The zero-order valence-corrected chi connectivity index (χ0v) is 17.8. The molecule has 3 aromatic rings. The van der Waals surface area contributed by atoms with E-state index in [0.717, 1.165) is 55.2 Å². The predicted octanol–water partition coefficient (Wildman–Crippen LogP) is 2.94. The minimum Gasteiger partial charge on any atom is -0.350 e. The molecule has 1 amide bonds. The lowest BCUT2D eigenvalue weighted by Crippen LogP contribution is -2.49. The smallest absolute Gasteiger partial charge is 0.280 e. The maximum Gasteiger partial charge on any atom is 0.280 e. The number of fused-ring (bicyclic) bond motifs is 1. The van der Waals surface area contributed by atoms with Crippen molar-refractivity contribution in [2.75, 3.05) is 11.4 Å². The van der Waals surface area contributed by atoms with E-state index in [1.165, 1.54) is 11.3 Å². The van der Waals surface area contributed by atoms with Crippen molar-refractivity contribution in [2.24, 2.45) is 7.05 Å². The largest absolute Gasteiger partial charge is 0.350 e. The Bertz CT molecular complexity index is 1140. The average Bonchev–Trinajstić information content (AvgIpc) is 3.54. The maximum absolute atomic E-state index is 13.0. The Morgan fingerprint density at radius 1 is 1.17 bits per heavy atom. The van der Waals surface area contributed by atoms with E-state index in [2.05, 4.69) is 15.2 Å². The molecule has 1 atom stereocenters. The zero-order valence-electron chi connectivity index (χ0n) is 17.0. The molecule has 5 rings (SSSR count). The summed E-state index contributed by atoms with van der Waals surface area (Å²) in [4.78, 5) is 37.9. The van der Waals surface area contributed by atoms with Gasteiger partial charge in [-0.15, -0.1) is 0 Å². The Balaban J connectivity index is 1.41. The van der Waals surface area contributed by atoms with Crippen molar-refractivity contribution in [3.05, 3.63) is 52.1 Å². The van der Waals surface area contributed by atoms with Gasteiger partial charge in [0.25, 0.3) is 5.56 Å². The number of aromatic nitrogens is 3. The molecule has 1 aromatic carbocycles. The van der Waals surface area contributed by atoms with Gasteiger partial charge >= 0.3 is 0 Å². The highest BCUT2D eigenvalue weighted by Crippen LogP contribution is 2.39. The molecule has 1 aliphatic carbocycles. The molecule has 7 nitrogen and oxygen atoms in total. The first-order valence-corrected chi connectivity index (χ1v) is 11.4. The third kappa shape index (κ3) is 3.60. The number of hydrogen-bond donors (Lipinski definition) is 1. The Labute approximate surface area is 178 Å². The fourth-order valence-corrected chi connectivity index (χ4v) is 5.14. The van der Waals surface area contributed by atoms with Crippen molar-refractivity contribution in [2.45, 2.75) is 50.6 Å². The van der Waals surface area contributed by atoms with Crippen LogP contribution < -0.4 is 15.8 Å². The number of carbonyl (C=O) groups excluding carboxylic acids is 1. The molecule has 1 saturated heterocycles. The van der Waals surface area contributed by atoms with Crippen molar-refractivity contribution in [3.8, 4) is 0 Å². The van der Waals surface area contributed by atoms with E-state index < -0.39 is 0 Å². The number of amides is 1. The second-order valence-electron chi connectivity index (χ2n) is 8.17. The fraction of sp³-hybridized carbons (Fsp3) is 0.455. The molecule has 1 saturated carbocycles. The second kappa shape index (κ2) is 7.83. The molecule has 1 aliphatic heterocycles. The summed E-state index contributed by atoms with van der Waals surface area (Å²) in [5.41, 5.74) is 1.40. The molecule has 0 spiro atoms. The molecule has 0 radical (unpaired) electrons. The molecule has 156 valence electrons. The Hall–Kier alpha value is -2.74. The standard InChI is InChI=1S/C22H25N5O2S/c1-26-18(15-10-11-15)25-20-17(21(26)29)24-22(30-20)27-12-6-5-9-16(27)19(28)23-13-14-7-3-2-4-8-14/h2-4,7-8,15-16H,5-6,9-13H2,1H3,(H,23,28). The number of benzene rings is 1. The summed E-state index contributed by atoms with van der Waals surface area (Å²) in [6, 6.07) is 9.65. The Kier molecular flexibility index (Phi) is 5.02. The van der Waals surface area contributed by atoms with Gasteiger partial charge in [0.15, 0.2) is 15.5 Å². The second-order valence-corrected chi connectivity index (χ2v) is 9.12. The molecule has 30 heavy (non-hydrogen) atoms. The van der Waals surface area contributed by atoms with Gasteiger partial charge in [-0.2, -0.15) is 0 Å². The lowest BCUT2D eigenvalue weighted by molar-refractivity contribution is -0.123. The molecule has 3 heterocycles. The van der Waals surface area contributed by atoms with E-state index in [1.54, 1.807) is 11.6 Å². The van der Waals surface area contributed by atoms with Gasteiger partial charge in [-0.25, -0.2) is 9.97 Å². The molecule has 1 unspecified atom stereocenters. The molecule has 2 aromatic heterocycles. The number of carbonyl (C=O) groups is 1. The van der Waals surface area contributed by atoms with Crippen molar-refractivity contribution in [1.82, 2.24) is 19.9 Å². The van der Waals surface area contributed by atoms with Crippen LogP contribution in [-0.4, -0.2) is 33.0 Å². The minimum absolute atomic E-state index is 0.0114. The minimum atomic E-state index is -0.269. The highest BCUT2D eigenvalue weighted by Gasteiger charge is 2.33. The van der Waals surface area contributed by atoms with Crippen LogP contribution in [-0.2, 0) is 18.4 Å². The molecule has 2 fully saturated rings. The topological polar surface area (TPSA) is 80.1 Å². The number of piperidine rings is 1. The first-order chi connectivity index (χ1) is 14.6. The number of hydrogen-bond acceptors (Lipinski definition) is 6. The summed E-state index contributed by atoms with van der Waals surface area (Å²) in [6.45, 7) is 1.27. The van der Waals surface area contributed by atoms with Crippen LogP contribution in [0.4, 0.5) is 5.13 Å². The Morgan fingerprint density at radius 2 is 1.97 bits per heavy atom. The van der Waals surface area contributed by atoms with E-state index in [1.807, 2.05) is 30.3 Å². The van der Waals surface area contributed by atoms with Gasteiger partial charge < -0.3 is 10.2 Å². The maximum atomic E-state index is 13.0. The summed E-state index contributed by atoms with van der Waals surface area (Å²) < 4.78 is 1.64. The van der Waals surface area contributed by atoms with E-state index in [4.69, 9.17) is 4.98 Å². The fourth-order valence-electron chi connectivity index (χ4n) is 4.12. The van der Waals surface area contributed by atoms with Crippen LogP contribution in [0.5, 0.6) is 0 Å². The van der Waals surface area contributed by atoms with Gasteiger partial charge in [-0.3, -0.25) is 14.2 Å². The van der Waals surface area contributed by atoms with Crippen LogP contribution in [0.2, 0.25) is 0 Å². The quantitative estimate of drug-likeness (QED) is 0.683. The SMILES string of the molecule is Cn1c(C2CC2)nc2sc(N3CCCCC3C(=O)NCc3ccccc3)nc2c1=O. The molecular formula is C22H25N5O2S. The van der Waals surface area contributed by atoms with E-state index in [9.17, 15) is 9.59 Å². The Morgan fingerprint density at radius 3 is 2.73 bits per heavy atom. The molecular weight excluding hydrogens is 398 g/mol. The lowest BCUT2D eigenvalue weighted by Gasteiger charge is -2.34. The van der Waals surface area contributed by atoms with E-state index in [-0.39, 0.29) is 17.5 Å². The third-order valence-corrected chi connectivity index (χ3v) is 6.95. The van der Waals surface area contributed by atoms with Gasteiger partial charge in [0.05, 0.1) is 0 Å². The van der Waals surface area contributed by atoms with Crippen molar-refractivity contribution < 1.29 is 4.79 Å². The van der Waals surface area contributed by atoms with Crippen molar-refractivity contribution in [1.29, 1.82) is 0 Å². The number of anilines is 1. The lowest BCUT2D eigenvalue weighted by atomic mass is 10.0. The molecule has 1 N–H and O–H groups in total. The molecule has 8 heteroatoms. The molecule has 0 bridgehead atoms. The average molecular weight is 424 g/mol. The van der Waals surface area contributed by atoms with Gasteiger partial charge in [-0.05, 0) is 37.7 Å². The van der Waals surface area contributed by atoms with Crippen LogP contribution in [0.15, 0.2) is 35.1 Å². The van der Waals surface area contributed by atoms with E-state index >= 15 is 0 Å². The van der Waals surface area contributed by atoms with Crippen molar-refractivity contribution >= 4 is 32.7 Å². The number of thiazole rings is 1. The van der Waals surface area contributed by atoms with Crippen LogP contribution in [0.1, 0.15) is 49.4 Å². The third-order valence-electron chi connectivity index (χ3n) is 5.97. The molecule has 2 aliphatic rings. The monoisotopic (exact) mass is 423 g/mol. The normalized spacial score (nSPS) is 19.2. The number of rotatable bonds is 5. The van der Waals surface area contributed by atoms with E-state index in [0.29, 0.717) is 22.8 Å². The van der Waals surface area contributed by atoms with Crippen LogP contribution in [0, 0.1) is 0 Å². The van der Waals surface area contributed by atoms with Crippen LogP contribution in [0.25, 0.3) is 10.3 Å². The summed E-state index contributed by atoms with van der Waals surface area (Å²) in [7, 11) is 1.78. The highest BCUT2D eigenvalue weighted by atomic mass is 32.1. The van der Waals surface area contributed by atoms with Crippen molar-refractivity contribution in [3.63, 3.8) is 0 Å². The first kappa shape index (κ1) is 19.2. The summed E-state index contributed by atoms with van der Waals surface area (Å²) in [5, 5.41) is 3.79. The van der Waals surface area contributed by atoms with Gasteiger partial charge in [0.1, 0.15) is 11.9 Å². The van der Waals surface area contributed by atoms with Gasteiger partial charge in [0.2, 0.25) is 5.91 Å².